The van der Waals surface area contributed by atoms with Crippen molar-refractivity contribution in [2.45, 2.75) is 17.3 Å². The third-order valence-corrected chi connectivity index (χ3v) is 5.03. The zero-order valence-corrected chi connectivity index (χ0v) is 11.0. The van der Waals surface area contributed by atoms with E-state index in [2.05, 4.69) is 23.4 Å². The van der Waals surface area contributed by atoms with E-state index in [4.69, 9.17) is 5.73 Å². The monoisotopic (exact) mass is 253 g/mol. The van der Waals surface area contributed by atoms with Crippen LogP contribution in [0.15, 0.2) is 29.0 Å². The van der Waals surface area contributed by atoms with Crippen molar-refractivity contribution in [1.29, 1.82) is 0 Å². The van der Waals surface area contributed by atoms with Crippen molar-refractivity contribution < 1.29 is 0 Å². The van der Waals surface area contributed by atoms with Crippen molar-refractivity contribution in [3.8, 4) is 0 Å². The Morgan fingerprint density at radius 2 is 2.44 bits per heavy atom. The second-order valence-corrected chi connectivity index (χ2v) is 5.75. The van der Waals surface area contributed by atoms with Crippen LogP contribution in [0, 0.1) is 6.92 Å². The minimum Gasteiger partial charge on any atom is -0.329 e. The molecule has 0 bridgehead atoms. The maximum Gasteiger partial charge on any atom is 0.168 e. The van der Waals surface area contributed by atoms with E-state index in [-0.39, 0.29) is 0 Å². The lowest BCUT2D eigenvalue weighted by molar-refractivity contribution is 0.783. The Kier molecular flexibility index (Phi) is 3.68. The molecule has 0 aliphatic heterocycles. The Labute approximate surface area is 104 Å². The highest BCUT2D eigenvalue weighted by atomic mass is 32.2. The number of nitrogens with two attached hydrogens (primary N) is 1. The van der Waals surface area contributed by atoms with Gasteiger partial charge in [0.15, 0.2) is 5.16 Å². The van der Waals surface area contributed by atoms with Crippen LogP contribution in [0.1, 0.15) is 15.7 Å². The standard InChI is InChI=1S/C11H15N3S2/c1-8-3-6-15-10(8)9(7-12)16-11-13-4-5-14(11)2/h3-6,9H,7,12H2,1-2H3. The molecule has 16 heavy (non-hydrogen) atoms. The molecule has 2 heterocycles. The van der Waals surface area contributed by atoms with Gasteiger partial charge in [0.25, 0.3) is 0 Å². The SMILES string of the molecule is Cc1ccsc1C(CN)Sc1nccn1C. The first-order chi connectivity index (χ1) is 7.72. The molecule has 0 saturated carbocycles. The lowest BCUT2D eigenvalue weighted by Crippen LogP contribution is -2.09. The topological polar surface area (TPSA) is 43.8 Å². The summed E-state index contributed by atoms with van der Waals surface area (Å²) in [7, 11) is 2.00. The Balaban J connectivity index is 2.19. The average molecular weight is 253 g/mol. The maximum absolute atomic E-state index is 5.85. The Hall–Kier alpha value is -0.780. The minimum atomic E-state index is 0.307. The first kappa shape index (κ1) is 11.7. The third kappa shape index (κ3) is 2.31. The van der Waals surface area contributed by atoms with Gasteiger partial charge >= 0.3 is 0 Å². The van der Waals surface area contributed by atoms with Gasteiger partial charge < -0.3 is 10.3 Å². The van der Waals surface area contributed by atoms with E-state index in [1.165, 1.54) is 10.4 Å². The van der Waals surface area contributed by atoms with Crippen LogP contribution >= 0.6 is 23.1 Å². The number of thiophene rings is 1. The summed E-state index contributed by atoms with van der Waals surface area (Å²) in [4.78, 5) is 5.68. The van der Waals surface area contributed by atoms with Crippen LogP contribution in [-0.2, 0) is 7.05 Å². The van der Waals surface area contributed by atoms with Gasteiger partial charge in [-0.25, -0.2) is 4.98 Å². The van der Waals surface area contributed by atoms with Gasteiger partial charge in [-0.1, -0.05) is 11.8 Å². The highest BCUT2D eigenvalue weighted by Crippen LogP contribution is 2.37. The summed E-state index contributed by atoms with van der Waals surface area (Å²) in [5, 5.41) is 3.44. The fraction of sp³-hybridized carbons (Fsp3) is 0.364. The predicted octanol–water partition coefficient (Wildman–Crippen LogP) is 2.58. The molecular weight excluding hydrogens is 238 g/mol. The third-order valence-electron chi connectivity index (χ3n) is 2.43. The van der Waals surface area contributed by atoms with Gasteiger partial charge in [-0.3, -0.25) is 0 Å². The molecule has 0 fully saturated rings. The highest BCUT2D eigenvalue weighted by Gasteiger charge is 2.16. The number of thioether (sulfide) groups is 1. The van der Waals surface area contributed by atoms with Crippen LogP contribution in [0.25, 0.3) is 0 Å². The van der Waals surface area contributed by atoms with E-state index < -0.39 is 0 Å². The van der Waals surface area contributed by atoms with Crippen molar-refractivity contribution >= 4 is 23.1 Å². The van der Waals surface area contributed by atoms with Gasteiger partial charge in [-0.05, 0) is 23.9 Å². The molecule has 1 unspecified atom stereocenters. The fourth-order valence-electron chi connectivity index (χ4n) is 1.52. The van der Waals surface area contributed by atoms with Gasteiger partial charge in [0.1, 0.15) is 0 Å². The molecule has 2 N–H and O–H groups in total. The molecular formula is C11H15N3S2. The van der Waals surface area contributed by atoms with E-state index in [0.717, 1.165) is 5.16 Å². The molecule has 0 saturated heterocycles. The largest absolute Gasteiger partial charge is 0.329 e. The molecule has 3 nitrogen and oxygen atoms in total. The summed E-state index contributed by atoms with van der Waals surface area (Å²) >= 11 is 3.50. The minimum absolute atomic E-state index is 0.307. The van der Waals surface area contributed by atoms with Crippen LogP contribution in [0.3, 0.4) is 0 Å². The van der Waals surface area contributed by atoms with Crippen molar-refractivity contribution in [1.82, 2.24) is 9.55 Å². The Morgan fingerprint density at radius 1 is 1.62 bits per heavy atom. The molecule has 0 aliphatic rings. The van der Waals surface area contributed by atoms with E-state index in [1.54, 1.807) is 23.1 Å². The second-order valence-electron chi connectivity index (χ2n) is 3.63. The Bertz CT molecular complexity index is 461. The number of rotatable bonds is 4. The second kappa shape index (κ2) is 5.03. The number of hydrogen-bond acceptors (Lipinski definition) is 4. The molecule has 0 spiro atoms. The van der Waals surface area contributed by atoms with E-state index in [0.29, 0.717) is 11.8 Å². The van der Waals surface area contributed by atoms with Crippen molar-refractivity contribution in [3.05, 3.63) is 34.3 Å². The lowest BCUT2D eigenvalue weighted by Gasteiger charge is -2.13. The van der Waals surface area contributed by atoms with Gasteiger partial charge in [-0.2, -0.15) is 0 Å². The summed E-state index contributed by atoms with van der Waals surface area (Å²) < 4.78 is 2.02. The Morgan fingerprint density at radius 3 is 2.94 bits per heavy atom. The highest BCUT2D eigenvalue weighted by molar-refractivity contribution is 7.99. The van der Waals surface area contributed by atoms with Crippen molar-refractivity contribution in [2.75, 3.05) is 6.54 Å². The molecule has 0 aliphatic carbocycles. The first-order valence-corrected chi connectivity index (χ1v) is 6.86. The molecule has 0 amide bonds. The number of hydrogen-bond donors (Lipinski definition) is 1. The number of aryl methyl sites for hydroxylation is 2. The van der Waals surface area contributed by atoms with Gasteiger partial charge in [0.05, 0.1) is 5.25 Å². The summed E-state index contributed by atoms with van der Waals surface area (Å²) in [5.74, 6) is 0. The molecule has 2 rings (SSSR count). The molecule has 5 heteroatoms. The number of nitrogens with zero attached hydrogens (tertiary/aromatic N) is 2. The molecule has 1 atom stereocenters. The summed E-state index contributed by atoms with van der Waals surface area (Å²) in [6.45, 7) is 2.77. The van der Waals surface area contributed by atoms with E-state index >= 15 is 0 Å². The summed E-state index contributed by atoms with van der Waals surface area (Å²) in [6, 6.07) is 2.14. The van der Waals surface area contributed by atoms with Crippen molar-refractivity contribution in [3.63, 3.8) is 0 Å². The fourth-order valence-corrected chi connectivity index (χ4v) is 3.74. The van der Waals surface area contributed by atoms with Crippen LogP contribution in [-0.4, -0.2) is 16.1 Å². The quantitative estimate of drug-likeness (QED) is 0.852. The van der Waals surface area contributed by atoms with Gasteiger partial charge in [-0.15, -0.1) is 11.3 Å². The summed E-state index contributed by atoms with van der Waals surface area (Å²) in [6.07, 6.45) is 3.77. The molecule has 2 aromatic heterocycles. The van der Waals surface area contributed by atoms with Crippen LogP contribution in [0.5, 0.6) is 0 Å². The van der Waals surface area contributed by atoms with Crippen molar-refractivity contribution in [2.24, 2.45) is 12.8 Å². The summed E-state index contributed by atoms with van der Waals surface area (Å²) in [5.41, 5.74) is 7.17. The molecule has 0 radical (unpaired) electrons. The normalized spacial score (nSPS) is 12.9. The number of imidazole rings is 1. The number of aromatic nitrogens is 2. The predicted molar refractivity (Wildman–Crippen MR) is 69.9 cm³/mol. The molecule has 86 valence electrons. The average Bonchev–Trinajstić information content (AvgIpc) is 2.85. The lowest BCUT2D eigenvalue weighted by atomic mass is 10.2. The van der Waals surface area contributed by atoms with Crippen LogP contribution in [0.2, 0.25) is 0 Å². The van der Waals surface area contributed by atoms with Gasteiger partial charge in [0.2, 0.25) is 0 Å². The zero-order chi connectivity index (χ0) is 11.5. The maximum atomic E-state index is 5.85. The van der Waals surface area contributed by atoms with E-state index in [1.807, 2.05) is 24.0 Å². The first-order valence-electron chi connectivity index (χ1n) is 5.10. The van der Waals surface area contributed by atoms with Crippen LogP contribution in [0.4, 0.5) is 0 Å². The van der Waals surface area contributed by atoms with E-state index in [9.17, 15) is 0 Å². The smallest absolute Gasteiger partial charge is 0.168 e. The molecule has 0 aromatic carbocycles. The zero-order valence-electron chi connectivity index (χ0n) is 9.38. The van der Waals surface area contributed by atoms with Crippen LogP contribution < -0.4 is 5.73 Å². The molecule has 2 aromatic rings. The van der Waals surface area contributed by atoms with Gasteiger partial charge in [0, 0.05) is 30.9 Å².